The highest BCUT2D eigenvalue weighted by Crippen LogP contribution is 2.35. The summed E-state index contributed by atoms with van der Waals surface area (Å²) in [5, 5.41) is 1.44. The van der Waals surface area contributed by atoms with Crippen LogP contribution in [0.25, 0.3) is 21.9 Å². The lowest BCUT2D eigenvalue weighted by Crippen LogP contribution is -2.48. The first-order valence-corrected chi connectivity index (χ1v) is 14.6. The summed E-state index contributed by atoms with van der Waals surface area (Å²) in [6.07, 6.45) is 0. The van der Waals surface area contributed by atoms with Gasteiger partial charge in [-0.3, -0.25) is 9.59 Å². The Hall–Kier alpha value is -4.72. The van der Waals surface area contributed by atoms with Crippen LogP contribution in [0.15, 0.2) is 81.6 Å². The molecule has 4 heterocycles. The van der Waals surface area contributed by atoms with Gasteiger partial charge in [0.1, 0.15) is 22.7 Å². The topological polar surface area (TPSA) is 73.4 Å². The fourth-order valence-electron chi connectivity index (χ4n) is 6.39. The zero-order valence-electron chi connectivity index (χ0n) is 24.0. The van der Waals surface area contributed by atoms with E-state index in [-0.39, 0.29) is 11.8 Å². The minimum Gasteiger partial charge on any atom is -0.460 e. The van der Waals surface area contributed by atoms with E-state index >= 15 is 0 Å². The average Bonchev–Trinajstić information content (AvgIpc) is 3.53. The number of hydrogen-bond donors (Lipinski definition) is 0. The van der Waals surface area contributed by atoms with E-state index in [1.54, 1.807) is 0 Å². The number of nitrogens with zero attached hydrogens (tertiary/aromatic N) is 4. The van der Waals surface area contributed by atoms with Crippen LogP contribution in [-0.4, -0.2) is 74.0 Å². The molecule has 0 radical (unpaired) electrons. The Morgan fingerprint density at radius 1 is 0.548 bits per heavy atom. The Morgan fingerprint density at radius 3 is 1.26 bits per heavy atom. The number of fused-ring (bicyclic) bond motifs is 2. The number of amides is 2. The summed E-state index contributed by atoms with van der Waals surface area (Å²) < 4.78 is 12.3. The van der Waals surface area contributed by atoms with E-state index in [9.17, 15) is 9.59 Å². The molecule has 0 atom stereocenters. The lowest BCUT2D eigenvalue weighted by atomic mass is 10.0. The van der Waals surface area contributed by atoms with E-state index in [2.05, 4.69) is 34.1 Å². The predicted molar refractivity (Wildman–Crippen MR) is 165 cm³/mol. The van der Waals surface area contributed by atoms with Gasteiger partial charge in [-0.05, 0) is 50.2 Å². The molecule has 7 rings (SSSR count). The van der Waals surface area contributed by atoms with Gasteiger partial charge in [0.2, 0.25) is 0 Å². The normalized spacial score (nSPS) is 16.0. The zero-order chi connectivity index (χ0) is 28.8. The quantitative estimate of drug-likeness (QED) is 0.279. The second-order valence-corrected chi connectivity index (χ2v) is 11.1. The number of para-hydroxylation sites is 2. The molecule has 2 aliphatic heterocycles. The van der Waals surface area contributed by atoms with Crippen LogP contribution in [-0.2, 0) is 0 Å². The summed E-state index contributed by atoms with van der Waals surface area (Å²) >= 11 is 0. The number of anilines is 2. The van der Waals surface area contributed by atoms with Crippen LogP contribution in [0.2, 0.25) is 0 Å². The van der Waals surface area contributed by atoms with Crippen molar-refractivity contribution in [1.29, 1.82) is 0 Å². The fourth-order valence-corrected chi connectivity index (χ4v) is 6.39. The van der Waals surface area contributed by atoms with Gasteiger partial charge in [-0.2, -0.15) is 0 Å². The first-order chi connectivity index (χ1) is 20.5. The Bertz CT molecular complexity index is 1630. The molecule has 3 aromatic carbocycles. The third-order valence-electron chi connectivity index (χ3n) is 8.65. The molecule has 2 saturated heterocycles. The molecular weight excluding hydrogens is 528 g/mol. The smallest absolute Gasteiger partial charge is 0.258 e. The Morgan fingerprint density at radius 2 is 0.905 bits per heavy atom. The average molecular weight is 563 g/mol. The number of piperazine rings is 2. The van der Waals surface area contributed by atoms with Crippen molar-refractivity contribution in [3.05, 3.63) is 95.4 Å². The van der Waals surface area contributed by atoms with Crippen LogP contribution in [0, 0.1) is 13.8 Å². The lowest BCUT2D eigenvalue weighted by Gasteiger charge is -2.36. The second-order valence-electron chi connectivity index (χ2n) is 11.1. The molecule has 8 heteroatoms. The number of furan rings is 2. The van der Waals surface area contributed by atoms with E-state index in [1.807, 2.05) is 72.2 Å². The van der Waals surface area contributed by atoms with Gasteiger partial charge in [0.05, 0.1) is 11.1 Å². The molecule has 42 heavy (non-hydrogen) atoms. The van der Waals surface area contributed by atoms with Crippen molar-refractivity contribution in [1.82, 2.24) is 9.80 Å². The first-order valence-electron chi connectivity index (χ1n) is 14.6. The number of carbonyl (C=O) groups is 2. The highest BCUT2D eigenvalue weighted by atomic mass is 16.3. The van der Waals surface area contributed by atoms with Gasteiger partial charge in [-0.25, -0.2) is 0 Å². The molecule has 8 nitrogen and oxygen atoms in total. The summed E-state index contributed by atoms with van der Waals surface area (Å²) in [5.74, 6) is 1.09. The second kappa shape index (κ2) is 10.6. The van der Waals surface area contributed by atoms with E-state index in [4.69, 9.17) is 8.83 Å². The van der Waals surface area contributed by atoms with Gasteiger partial charge in [-0.15, -0.1) is 0 Å². The van der Waals surface area contributed by atoms with E-state index in [0.29, 0.717) is 60.0 Å². The molecule has 2 fully saturated rings. The SMILES string of the molecule is Cc1oc2cc3c(C(=O)N4CCN(c5ccccc5)CC4)c(C)oc3cc2c1C(=O)N1CCN(c2ccccc2)CC1. The van der Waals surface area contributed by atoms with Crippen LogP contribution < -0.4 is 9.80 Å². The number of rotatable bonds is 4. The van der Waals surface area contributed by atoms with E-state index in [1.165, 1.54) is 11.4 Å². The molecule has 0 bridgehead atoms. The van der Waals surface area contributed by atoms with Crippen molar-refractivity contribution in [2.75, 3.05) is 62.2 Å². The number of benzene rings is 3. The van der Waals surface area contributed by atoms with Crippen molar-refractivity contribution < 1.29 is 18.4 Å². The minimum absolute atomic E-state index is 0.0332. The van der Waals surface area contributed by atoms with Crippen LogP contribution in [0.5, 0.6) is 0 Å². The van der Waals surface area contributed by atoms with Crippen molar-refractivity contribution in [2.24, 2.45) is 0 Å². The molecule has 5 aromatic rings. The van der Waals surface area contributed by atoms with Crippen LogP contribution in [0.1, 0.15) is 32.2 Å². The number of hydrogen-bond acceptors (Lipinski definition) is 6. The van der Waals surface area contributed by atoms with Gasteiger partial charge < -0.3 is 28.4 Å². The van der Waals surface area contributed by atoms with Crippen molar-refractivity contribution in [3.8, 4) is 0 Å². The monoisotopic (exact) mass is 562 g/mol. The molecule has 2 aliphatic rings. The molecular formula is C34H34N4O4. The molecule has 0 N–H and O–H groups in total. The van der Waals surface area contributed by atoms with E-state index < -0.39 is 0 Å². The Balaban J connectivity index is 1.12. The lowest BCUT2D eigenvalue weighted by molar-refractivity contribution is 0.0739. The van der Waals surface area contributed by atoms with Crippen LogP contribution in [0.3, 0.4) is 0 Å². The summed E-state index contributed by atoms with van der Waals surface area (Å²) in [6.45, 7) is 9.31. The van der Waals surface area contributed by atoms with Gasteiger partial charge in [0.15, 0.2) is 0 Å². The first kappa shape index (κ1) is 26.2. The Kier molecular flexibility index (Phi) is 6.61. The maximum Gasteiger partial charge on any atom is 0.258 e. The zero-order valence-corrected chi connectivity index (χ0v) is 24.0. The largest absolute Gasteiger partial charge is 0.460 e. The van der Waals surface area contributed by atoms with Gasteiger partial charge in [0, 0.05) is 74.5 Å². The number of carbonyl (C=O) groups excluding carboxylic acids is 2. The number of aryl methyl sites for hydroxylation is 2. The summed E-state index contributed by atoms with van der Waals surface area (Å²) in [5.41, 5.74) is 4.67. The highest BCUT2D eigenvalue weighted by molar-refractivity contribution is 6.14. The molecule has 2 amide bonds. The molecule has 0 saturated carbocycles. The summed E-state index contributed by atoms with van der Waals surface area (Å²) in [7, 11) is 0. The highest BCUT2D eigenvalue weighted by Gasteiger charge is 2.30. The molecule has 0 aliphatic carbocycles. The molecule has 0 unspecified atom stereocenters. The van der Waals surface area contributed by atoms with Crippen molar-refractivity contribution in [2.45, 2.75) is 13.8 Å². The third kappa shape index (κ3) is 4.57. The maximum absolute atomic E-state index is 13.7. The van der Waals surface area contributed by atoms with E-state index in [0.717, 1.165) is 37.0 Å². The predicted octanol–water partition coefficient (Wildman–Crippen LogP) is 5.72. The van der Waals surface area contributed by atoms with Crippen molar-refractivity contribution in [3.63, 3.8) is 0 Å². The minimum atomic E-state index is -0.0332. The van der Waals surface area contributed by atoms with Crippen molar-refractivity contribution >= 4 is 45.1 Å². The Labute approximate surface area is 244 Å². The molecule has 2 aromatic heterocycles. The summed E-state index contributed by atoms with van der Waals surface area (Å²) in [6, 6.07) is 24.3. The van der Waals surface area contributed by atoms with Gasteiger partial charge in [-0.1, -0.05) is 36.4 Å². The maximum atomic E-state index is 13.7. The summed E-state index contributed by atoms with van der Waals surface area (Å²) in [4.78, 5) is 35.9. The standard InChI is InChI=1S/C34H34N4O4/c1-23-31(33(39)37-17-13-35(14-18-37)25-9-5-3-6-10-25)27-21-30-28(22-29(27)41-23)32(24(2)42-30)34(40)38-19-15-36(16-20-38)26-11-7-4-8-12-26/h3-12,21-22H,13-20H2,1-2H3. The van der Waals surface area contributed by atoms with Crippen LogP contribution in [0.4, 0.5) is 11.4 Å². The van der Waals surface area contributed by atoms with Gasteiger partial charge >= 0.3 is 0 Å². The van der Waals surface area contributed by atoms with Gasteiger partial charge in [0.25, 0.3) is 11.8 Å². The molecule has 0 spiro atoms. The molecule has 214 valence electrons. The fraction of sp³-hybridized carbons (Fsp3) is 0.294. The third-order valence-corrected chi connectivity index (χ3v) is 8.65. The van der Waals surface area contributed by atoms with Crippen LogP contribution >= 0.6 is 0 Å².